The topological polar surface area (TPSA) is 59.7 Å². The van der Waals surface area contributed by atoms with Crippen LogP contribution in [0.25, 0.3) is 5.65 Å². The number of aromatic nitrogens is 3. The molecule has 1 aliphatic rings. The van der Waals surface area contributed by atoms with Gasteiger partial charge in [0.1, 0.15) is 18.7 Å². The van der Waals surface area contributed by atoms with Crippen LogP contribution in [0.1, 0.15) is 18.5 Å². The summed E-state index contributed by atoms with van der Waals surface area (Å²) in [4.78, 5) is 17.7. The van der Waals surface area contributed by atoms with Crippen molar-refractivity contribution in [3.8, 4) is 5.75 Å². The van der Waals surface area contributed by atoms with Gasteiger partial charge in [0.25, 0.3) is 0 Å². The maximum atomic E-state index is 11.7. The molecular formula is C17H16N4O2. The third kappa shape index (κ3) is 2.63. The summed E-state index contributed by atoms with van der Waals surface area (Å²) in [6.45, 7) is 1.20. The molecule has 0 unspecified atom stereocenters. The van der Waals surface area contributed by atoms with E-state index in [1.165, 1.54) is 6.33 Å². The van der Waals surface area contributed by atoms with E-state index in [4.69, 9.17) is 4.74 Å². The SMILES string of the molecule is O=C1CCCN1c1ccc(OCc2cccc3ncnn23)cc1. The molecule has 1 aliphatic heterocycles. The van der Waals surface area contributed by atoms with Gasteiger partial charge in [-0.25, -0.2) is 9.50 Å². The van der Waals surface area contributed by atoms with Crippen molar-refractivity contribution in [2.24, 2.45) is 0 Å². The zero-order valence-electron chi connectivity index (χ0n) is 12.6. The average Bonchev–Trinajstić information content (AvgIpc) is 3.22. The van der Waals surface area contributed by atoms with Crippen LogP contribution < -0.4 is 9.64 Å². The van der Waals surface area contributed by atoms with Gasteiger partial charge in [0, 0.05) is 18.7 Å². The Balaban J connectivity index is 1.47. The molecule has 1 saturated heterocycles. The molecule has 0 aliphatic carbocycles. The summed E-state index contributed by atoms with van der Waals surface area (Å²) in [5.41, 5.74) is 2.66. The first-order valence-corrected chi connectivity index (χ1v) is 7.62. The van der Waals surface area contributed by atoms with Gasteiger partial charge in [0.05, 0.1) is 5.69 Å². The van der Waals surface area contributed by atoms with E-state index >= 15 is 0 Å². The van der Waals surface area contributed by atoms with E-state index < -0.39 is 0 Å². The van der Waals surface area contributed by atoms with Gasteiger partial charge < -0.3 is 9.64 Å². The van der Waals surface area contributed by atoms with Crippen molar-refractivity contribution in [3.63, 3.8) is 0 Å². The van der Waals surface area contributed by atoms with E-state index in [-0.39, 0.29) is 5.91 Å². The first kappa shape index (κ1) is 13.8. The molecule has 0 N–H and O–H groups in total. The summed E-state index contributed by atoms with van der Waals surface area (Å²) in [5, 5.41) is 4.19. The van der Waals surface area contributed by atoms with Crippen molar-refractivity contribution in [1.29, 1.82) is 0 Å². The van der Waals surface area contributed by atoms with Crippen molar-refractivity contribution in [2.75, 3.05) is 11.4 Å². The third-order valence-electron chi connectivity index (χ3n) is 3.99. The Labute approximate surface area is 133 Å². The molecule has 0 spiro atoms. The van der Waals surface area contributed by atoms with Gasteiger partial charge in [0.2, 0.25) is 5.91 Å². The van der Waals surface area contributed by atoms with Crippen molar-refractivity contribution in [2.45, 2.75) is 19.4 Å². The van der Waals surface area contributed by atoms with Crippen LogP contribution in [0, 0.1) is 0 Å². The largest absolute Gasteiger partial charge is 0.487 e. The normalized spacial score (nSPS) is 14.6. The van der Waals surface area contributed by atoms with Gasteiger partial charge >= 0.3 is 0 Å². The summed E-state index contributed by atoms with van der Waals surface area (Å²) in [6, 6.07) is 13.4. The van der Waals surface area contributed by atoms with E-state index in [1.54, 1.807) is 4.52 Å². The second-order valence-corrected chi connectivity index (χ2v) is 5.48. The van der Waals surface area contributed by atoms with Crippen molar-refractivity contribution >= 4 is 17.2 Å². The number of hydrogen-bond donors (Lipinski definition) is 0. The number of amides is 1. The number of benzene rings is 1. The first-order valence-electron chi connectivity index (χ1n) is 7.62. The molecule has 2 aromatic heterocycles. The van der Waals surface area contributed by atoms with E-state index in [9.17, 15) is 4.79 Å². The predicted octanol–water partition coefficient (Wildman–Crippen LogP) is 2.44. The fraction of sp³-hybridized carbons (Fsp3) is 0.235. The van der Waals surface area contributed by atoms with Crippen LogP contribution >= 0.6 is 0 Å². The average molecular weight is 308 g/mol. The summed E-state index contributed by atoms with van der Waals surface area (Å²) in [5.74, 6) is 0.953. The second kappa shape index (κ2) is 5.72. The quantitative estimate of drug-likeness (QED) is 0.743. The minimum atomic E-state index is 0.191. The van der Waals surface area contributed by atoms with Crippen molar-refractivity contribution in [3.05, 3.63) is 54.5 Å². The summed E-state index contributed by atoms with van der Waals surface area (Å²) >= 11 is 0. The van der Waals surface area contributed by atoms with E-state index in [0.29, 0.717) is 13.0 Å². The molecule has 6 nitrogen and oxygen atoms in total. The van der Waals surface area contributed by atoms with Crippen LogP contribution in [-0.4, -0.2) is 27.0 Å². The smallest absolute Gasteiger partial charge is 0.227 e. The number of ether oxygens (including phenoxy) is 1. The van der Waals surface area contributed by atoms with E-state index in [2.05, 4.69) is 10.1 Å². The molecule has 23 heavy (non-hydrogen) atoms. The summed E-state index contributed by atoms with van der Waals surface area (Å²) in [6.07, 6.45) is 3.10. The van der Waals surface area contributed by atoms with Crippen molar-refractivity contribution < 1.29 is 9.53 Å². The molecule has 6 heteroatoms. The zero-order chi connectivity index (χ0) is 15.6. The van der Waals surface area contributed by atoms with Gasteiger partial charge in [-0.2, -0.15) is 5.10 Å². The Kier molecular flexibility index (Phi) is 3.42. The first-order chi connectivity index (χ1) is 11.3. The molecule has 1 aromatic carbocycles. The zero-order valence-corrected chi connectivity index (χ0v) is 12.6. The van der Waals surface area contributed by atoms with Gasteiger partial charge in [-0.05, 0) is 42.8 Å². The fourth-order valence-electron chi connectivity index (χ4n) is 2.81. The van der Waals surface area contributed by atoms with Gasteiger partial charge in [-0.15, -0.1) is 0 Å². The fourth-order valence-corrected chi connectivity index (χ4v) is 2.81. The number of pyridine rings is 1. The van der Waals surface area contributed by atoms with Gasteiger partial charge in [-0.3, -0.25) is 4.79 Å². The van der Waals surface area contributed by atoms with Crippen LogP contribution in [-0.2, 0) is 11.4 Å². The monoisotopic (exact) mass is 308 g/mol. The van der Waals surface area contributed by atoms with Crippen LogP contribution in [0.3, 0.4) is 0 Å². The minimum absolute atomic E-state index is 0.191. The lowest BCUT2D eigenvalue weighted by atomic mass is 10.3. The number of anilines is 1. The lowest BCUT2D eigenvalue weighted by molar-refractivity contribution is -0.117. The number of fused-ring (bicyclic) bond motifs is 1. The molecule has 3 heterocycles. The summed E-state index contributed by atoms with van der Waals surface area (Å²) in [7, 11) is 0. The molecule has 116 valence electrons. The number of hydrogen-bond acceptors (Lipinski definition) is 4. The van der Waals surface area contributed by atoms with Crippen LogP contribution in [0.4, 0.5) is 5.69 Å². The highest BCUT2D eigenvalue weighted by Gasteiger charge is 2.21. The van der Waals surface area contributed by atoms with E-state index in [0.717, 1.165) is 35.7 Å². The molecule has 0 bridgehead atoms. The highest BCUT2D eigenvalue weighted by molar-refractivity contribution is 5.95. The van der Waals surface area contributed by atoms with E-state index in [1.807, 2.05) is 47.4 Å². The Bertz CT molecular complexity index is 841. The maximum Gasteiger partial charge on any atom is 0.227 e. The molecule has 0 saturated carbocycles. The van der Waals surface area contributed by atoms with Crippen LogP contribution in [0.15, 0.2) is 48.8 Å². The Morgan fingerprint density at radius 2 is 2.00 bits per heavy atom. The molecule has 1 fully saturated rings. The minimum Gasteiger partial charge on any atom is -0.487 e. The maximum absolute atomic E-state index is 11.7. The van der Waals surface area contributed by atoms with Crippen LogP contribution in [0.2, 0.25) is 0 Å². The Morgan fingerprint density at radius 3 is 2.78 bits per heavy atom. The summed E-state index contributed by atoms with van der Waals surface area (Å²) < 4.78 is 7.58. The molecule has 4 rings (SSSR count). The lowest BCUT2D eigenvalue weighted by Crippen LogP contribution is -2.23. The highest BCUT2D eigenvalue weighted by atomic mass is 16.5. The predicted molar refractivity (Wildman–Crippen MR) is 85.3 cm³/mol. The van der Waals surface area contributed by atoms with Gasteiger partial charge in [-0.1, -0.05) is 6.07 Å². The number of carbonyl (C=O) groups excluding carboxylic acids is 1. The number of rotatable bonds is 4. The third-order valence-corrected chi connectivity index (χ3v) is 3.99. The highest BCUT2D eigenvalue weighted by Crippen LogP contribution is 2.24. The number of carbonyl (C=O) groups is 1. The number of nitrogens with zero attached hydrogens (tertiary/aromatic N) is 4. The van der Waals surface area contributed by atoms with Crippen LogP contribution in [0.5, 0.6) is 5.75 Å². The molecule has 1 amide bonds. The second-order valence-electron chi connectivity index (χ2n) is 5.48. The van der Waals surface area contributed by atoms with Crippen molar-refractivity contribution in [1.82, 2.24) is 14.6 Å². The molecular weight excluding hydrogens is 292 g/mol. The molecule has 3 aromatic rings. The lowest BCUT2D eigenvalue weighted by Gasteiger charge is -2.16. The Morgan fingerprint density at radius 1 is 1.13 bits per heavy atom. The van der Waals surface area contributed by atoms with Gasteiger partial charge in [0.15, 0.2) is 5.65 Å². The standard InChI is InChI=1S/C17H16N4O2/c22-17-5-2-10-20(17)13-6-8-15(9-7-13)23-11-14-3-1-4-16-18-12-19-21(14)16/h1,3-4,6-9,12H,2,5,10-11H2. The Hall–Kier alpha value is -2.89. The molecule has 0 atom stereocenters. The molecule has 0 radical (unpaired) electrons.